The van der Waals surface area contributed by atoms with Gasteiger partial charge in [-0.15, -0.1) is 0 Å². The lowest BCUT2D eigenvalue weighted by Gasteiger charge is -2.23. The summed E-state index contributed by atoms with van der Waals surface area (Å²) in [6, 6.07) is 30.0. The highest BCUT2D eigenvalue weighted by atomic mass is 35.5. The number of rotatable bonds is 5. The number of hydrogen-bond donors (Lipinski definition) is 0. The molecule has 0 saturated carbocycles. The van der Waals surface area contributed by atoms with E-state index in [-0.39, 0.29) is 16.7 Å². The largest absolute Gasteiger partial charge is 0.269 e. The van der Waals surface area contributed by atoms with Crippen molar-refractivity contribution in [2.45, 2.75) is 19.4 Å². The molecule has 0 amide bonds. The Kier molecular flexibility index (Phi) is 6.05. The molecule has 4 aromatic carbocycles. The van der Waals surface area contributed by atoms with Crippen molar-refractivity contribution < 1.29 is 4.92 Å². The average molecular weight is 520 g/mol. The van der Waals surface area contributed by atoms with E-state index in [2.05, 4.69) is 0 Å². The lowest BCUT2D eigenvalue weighted by Crippen LogP contribution is -2.21. The number of anilines is 1. The second kappa shape index (κ2) is 9.68. The van der Waals surface area contributed by atoms with E-state index >= 15 is 0 Å². The van der Waals surface area contributed by atoms with Gasteiger partial charge in [0.15, 0.2) is 0 Å². The summed E-state index contributed by atoms with van der Waals surface area (Å²) in [5, 5.41) is 19.7. The highest BCUT2D eigenvalue weighted by Gasteiger charge is 2.33. The number of hydrazone groups is 1. The number of benzene rings is 4. The minimum Gasteiger partial charge on any atom is -0.258 e. The molecular weight excluding hydrogens is 498 g/mol. The van der Waals surface area contributed by atoms with E-state index in [1.165, 1.54) is 6.07 Å². The van der Waals surface area contributed by atoms with Crippen LogP contribution in [0.25, 0.3) is 22.2 Å². The summed E-state index contributed by atoms with van der Waals surface area (Å²) in [7, 11) is 0. The Bertz CT molecular complexity index is 1700. The van der Waals surface area contributed by atoms with E-state index in [0.29, 0.717) is 17.4 Å². The van der Waals surface area contributed by atoms with Gasteiger partial charge in [-0.05, 0) is 36.2 Å². The lowest BCUT2D eigenvalue weighted by atomic mass is 9.97. The Morgan fingerprint density at radius 3 is 2.45 bits per heavy atom. The summed E-state index contributed by atoms with van der Waals surface area (Å²) in [5.41, 5.74) is 6.21. The fraction of sp³-hybridized carbons (Fsp3) is 0.100. The molecule has 1 aliphatic rings. The van der Waals surface area contributed by atoms with Gasteiger partial charge in [0.25, 0.3) is 5.69 Å². The number of fused-ring (bicyclic) bond motifs is 1. The van der Waals surface area contributed by atoms with Gasteiger partial charge in [-0.25, -0.2) is 15.0 Å². The number of hydrogen-bond acceptors (Lipinski definition) is 6. The molecule has 186 valence electrons. The van der Waals surface area contributed by atoms with Crippen molar-refractivity contribution in [2.75, 3.05) is 5.01 Å². The predicted octanol–water partition coefficient (Wildman–Crippen LogP) is 7.52. The van der Waals surface area contributed by atoms with Crippen LogP contribution >= 0.6 is 11.6 Å². The minimum absolute atomic E-state index is 0.0327. The third-order valence-electron chi connectivity index (χ3n) is 6.66. The van der Waals surface area contributed by atoms with E-state index in [0.717, 1.165) is 44.6 Å². The highest BCUT2D eigenvalue weighted by Crippen LogP contribution is 2.38. The Morgan fingerprint density at radius 1 is 0.895 bits per heavy atom. The molecular formula is C30H22ClN5O2. The molecule has 0 N–H and O–H groups in total. The van der Waals surface area contributed by atoms with Crippen LogP contribution in [0, 0.1) is 17.0 Å². The summed E-state index contributed by atoms with van der Waals surface area (Å²) in [6.45, 7) is 2.04. The molecule has 0 bridgehead atoms. The molecule has 5 aromatic rings. The SMILES string of the molecule is Cc1ccc(C2=NN(c3nc(-c4ccccc4)c4cc(Cl)ccc4n3)[C@H](c3cccc([N+](=O)[O-])c3)C2)cc1. The van der Waals surface area contributed by atoms with Gasteiger partial charge in [0, 0.05) is 34.5 Å². The molecule has 0 unspecified atom stereocenters. The first-order chi connectivity index (χ1) is 18.5. The third-order valence-corrected chi connectivity index (χ3v) is 6.89. The molecule has 8 heteroatoms. The van der Waals surface area contributed by atoms with Crippen LogP contribution in [-0.2, 0) is 0 Å². The van der Waals surface area contributed by atoms with E-state index in [4.69, 9.17) is 26.7 Å². The number of aryl methyl sites for hydroxylation is 1. The summed E-state index contributed by atoms with van der Waals surface area (Å²) in [5.74, 6) is 0.414. The second-order valence-electron chi connectivity index (χ2n) is 9.23. The maximum atomic E-state index is 11.5. The Balaban J connectivity index is 1.54. The predicted molar refractivity (Wildman–Crippen MR) is 151 cm³/mol. The zero-order valence-corrected chi connectivity index (χ0v) is 21.2. The molecule has 38 heavy (non-hydrogen) atoms. The number of nitro benzene ring substituents is 1. The zero-order valence-electron chi connectivity index (χ0n) is 20.5. The fourth-order valence-corrected chi connectivity index (χ4v) is 4.90. The summed E-state index contributed by atoms with van der Waals surface area (Å²) < 4.78 is 0. The van der Waals surface area contributed by atoms with Crippen LogP contribution in [0.3, 0.4) is 0 Å². The molecule has 1 atom stereocenters. The van der Waals surface area contributed by atoms with Gasteiger partial charge in [0.2, 0.25) is 5.95 Å². The molecule has 0 spiro atoms. The standard InChI is InChI=1S/C30H22ClN5O2/c1-19-10-12-20(13-11-19)27-18-28(22-8-5-9-24(16-22)36(37)38)35(34-27)30-32-26-15-14-23(31)17-25(26)29(33-30)21-6-3-2-4-7-21/h2-17,28H,18H2,1H3/t28-/m0/s1. The Hall–Kier alpha value is -4.62. The van der Waals surface area contributed by atoms with Crippen LogP contribution < -0.4 is 5.01 Å². The van der Waals surface area contributed by atoms with Crippen LogP contribution in [0.4, 0.5) is 11.6 Å². The van der Waals surface area contributed by atoms with E-state index in [1.807, 2.05) is 79.7 Å². The van der Waals surface area contributed by atoms with E-state index in [9.17, 15) is 10.1 Å². The minimum atomic E-state index is -0.381. The summed E-state index contributed by atoms with van der Waals surface area (Å²) in [4.78, 5) is 21.0. The Labute approximate surface area is 224 Å². The molecule has 6 rings (SSSR count). The van der Waals surface area contributed by atoms with Gasteiger partial charge >= 0.3 is 0 Å². The van der Waals surface area contributed by atoms with E-state index < -0.39 is 0 Å². The molecule has 7 nitrogen and oxygen atoms in total. The van der Waals surface area contributed by atoms with Crippen molar-refractivity contribution in [1.29, 1.82) is 0 Å². The zero-order chi connectivity index (χ0) is 26.2. The number of nitro groups is 1. The summed E-state index contributed by atoms with van der Waals surface area (Å²) in [6.07, 6.45) is 0.549. The first-order valence-corrected chi connectivity index (χ1v) is 12.5. The van der Waals surface area contributed by atoms with Crippen LogP contribution in [0.5, 0.6) is 0 Å². The molecule has 2 heterocycles. The van der Waals surface area contributed by atoms with Crippen molar-refractivity contribution in [2.24, 2.45) is 5.10 Å². The van der Waals surface area contributed by atoms with Crippen molar-refractivity contribution in [1.82, 2.24) is 9.97 Å². The van der Waals surface area contributed by atoms with Crippen molar-refractivity contribution in [3.05, 3.63) is 129 Å². The first kappa shape index (κ1) is 23.8. The normalized spacial score (nSPS) is 15.1. The fourth-order valence-electron chi connectivity index (χ4n) is 4.73. The van der Waals surface area contributed by atoms with E-state index in [1.54, 1.807) is 23.2 Å². The molecule has 0 aliphatic carbocycles. The maximum Gasteiger partial charge on any atom is 0.269 e. The van der Waals surface area contributed by atoms with Crippen LogP contribution in [0.1, 0.15) is 29.2 Å². The molecule has 0 saturated heterocycles. The molecule has 0 fully saturated rings. The number of halogens is 1. The van der Waals surface area contributed by atoms with Crippen molar-refractivity contribution in [3.8, 4) is 11.3 Å². The van der Waals surface area contributed by atoms with Crippen LogP contribution in [0.2, 0.25) is 5.02 Å². The number of non-ortho nitro benzene ring substituents is 1. The number of aromatic nitrogens is 2. The first-order valence-electron chi connectivity index (χ1n) is 12.2. The highest BCUT2D eigenvalue weighted by molar-refractivity contribution is 6.31. The lowest BCUT2D eigenvalue weighted by molar-refractivity contribution is -0.384. The topological polar surface area (TPSA) is 84.5 Å². The van der Waals surface area contributed by atoms with Gasteiger partial charge in [0.1, 0.15) is 0 Å². The molecule has 1 aliphatic heterocycles. The van der Waals surface area contributed by atoms with Crippen LogP contribution in [0.15, 0.2) is 102 Å². The van der Waals surface area contributed by atoms with Gasteiger partial charge in [-0.2, -0.15) is 5.10 Å². The number of nitrogens with zero attached hydrogens (tertiary/aromatic N) is 5. The Morgan fingerprint density at radius 2 is 1.68 bits per heavy atom. The smallest absolute Gasteiger partial charge is 0.258 e. The second-order valence-corrected chi connectivity index (χ2v) is 9.67. The van der Waals surface area contributed by atoms with Gasteiger partial charge in [-0.3, -0.25) is 10.1 Å². The van der Waals surface area contributed by atoms with Gasteiger partial charge in [-0.1, -0.05) is 83.9 Å². The molecule has 1 aromatic heterocycles. The molecule has 0 radical (unpaired) electrons. The van der Waals surface area contributed by atoms with Crippen molar-refractivity contribution >= 4 is 39.9 Å². The van der Waals surface area contributed by atoms with Crippen molar-refractivity contribution in [3.63, 3.8) is 0 Å². The quantitative estimate of drug-likeness (QED) is 0.177. The monoisotopic (exact) mass is 519 g/mol. The third kappa shape index (κ3) is 4.48. The van der Waals surface area contributed by atoms with Crippen LogP contribution in [-0.4, -0.2) is 20.6 Å². The maximum absolute atomic E-state index is 11.5. The average Bonchev–Trinajstić information content (AvgIpc) is 3.39. The van der Waals surface area contributed by atoms with Gasteiger partial charge in [0.05, 0.1) is 27.9 Å². The summed E-state index contributed by atoms with van der Waals surface area (Å²) >= 11 is 6.34. The van der Waals surface area contributed by atoms with Gasteiger partial charge < -0.3 is 0 Å².